The summed E-state index contributed by atoms with van der Waals surface area (Å²) in [5, 5.41) is 18.4. The number of aliphatic hydroxyl groups is 2. The van der Waals surface area contributed by atoms with Crippen LogP contribution in [-0.4, -0.2) is 45.1 Å². The molecule has 182 valence electrons. The average molecular weight is 501 g/mol. The van der Waals surface area contributed by atoms with Crippen LogP contribution >= 0.6 is 0 Å². The van der Waals surface area contributed by atoms with Gasteiger partial charge in [-0.3, -0.25) is 0 Å². The van der Waals surface area contributed by atoms with Crippen molar-refractivity contribution < 1.29 is 28.1 Å². The quantitative estimate of drug-likeness (QED) is 0.360. The second kappa shape index (κ2) is 8.48. The summed E-state index contributed by atoms with van der Waals surface area (Å²) >= 11 is 0. The molecule has 1 aliphatic heterocycles. The molecule has 2 aliphatic rings. The summed E-state index contributed by atoms with van der Waals surface area (Å²) in [4.78, 5) is 0.326. The molecule has 0 radical (unpaired) electrons. The van der Waals surface area contributed by atoms with Crippen LogP contribution in [0.3, 0.4) is 0 Å². The number of hydrogen-bond acceptors (Lipinski definition) is 6. The van der Waals surface area contributed by atoms with Gasteiger partial charge < -0.3 is 19.7 Å². The first-order chi connectivity index (χ1) is 17.5. The van der Waals surface area contributed by atoms with Crippen LogP contribution in [0.1, 0.15) is 22.3 Å². The van der Waals surface area contributed by atoms with Crippen molar-refractivity contribution in [2.75, 3.05) is 26.4 Å². The van der Waals surface area contributed by atoms with Crippen LogP contribution in [0.5, 0.6) is 11.5 Å². The number of benzene rings is 4. The lowest BCUT2D eigenvalue weighted by molar-refractivity contribution is 0.201. The molecule has 4 aromatic rings. The summed E-state index contributed by atoms with van der Waals surface area (Å²) in [5.41, 5.74) is 4.61. The van der Waals surface area contributed by atoms with Gasteiger partial charge in [0, 0.05) is 0 Å². The lowest BCUT2D eigenvalue weighted by atomic mass is 9.67. The molecule has 0 fully saturated rings. The summed E-state index contributed by atoms with van der Waals surface area (Å²) in [6.07, 6.45) is 0. The van der Waals surface area contributed by atoms with Crippen molar-refractivity contribution in [3.63, 3.8) is 0 Å². The van der Waals surface area contributed by atoms with Gasteiger partial charge in [0.05, 0.1) is 28.4 Å². The molecule has 0 atom stereocenters. The van der Waals surface area contributed by atoms with Gasteiger partial charge >= 0.3 is 0 Å². The van der Waals surface area contributed by atoms with Gasteiger partial charge in [0.1, 0.15) is 24.7 Å². The third-order valence-electron chi connectivity index (χ3n) is 6.97. The number of ether oxygens (including phenoxy) is 2. The normalized spacial score (nSPS) is 15.5. The lowest BCUT2D eigenvalue weighted by Gasteiger charge is -2.39. The molecular weight excluding hydrogens is 476 g/mol. The highest BCUT2D eigenvalue weighted by Gasteiger charge is 2.53. The van der Waals surface area contributed by atoms with Gasteiger partial charge in [-0.05, 0) is 57.6 Å². The zero-order valence-electron chi connectivity index (χ0n) is 19.3. The molecule has 0 unspecified atom stereocenters. The fourth-order valence-corrected chi connectivity index (χ4v) is 7.46. The molecule has 6 rings (SSSR count). The minimum Gasteiger partial charge on any atom is -0.491 e. The summed E-state index contributed by atoms with van der Waals surface area (Å²) in [6, 6.07) is 26.5. The Labute approximate surface area is 209 Å². The summed E-state index contributed by atoms with van der Waals surface area (Å²) in [7, 11) is -3.95. The van der Waals surface area contributed by atoms with E-state index in [-0.39, 0.29) is 36.2 Å². The molecule has 0 bridgehead atoms. The van der Waals surface area contributed by atoms with Crippen molar-refractivity contribution in [3.05, 3.63) is 107 Å². The SMILES string of the molecule is O=S1(=O)c2cc(OCCO)ccc2C2(c3ccccc3-c3ccccc32)c2ccc(OCCO)cc21. The zero-order valence-corrected chi connectivity index (χ0v) is 20.2. The predicted octanol–water partition coefficient (Wildman–Crippen LogP) is 3.94. The average Bonchev–Trinajstić information content (AvgIpc) is 3.21. The molecule has 36 heavy (non-hydrogen) atoms. The van der Waals surface area contributed by atoms with Crippen molar-refractivity contribution in [1.82, 2.24) is 0 Å². The molecule has 4 aromatic carbocycles. The van der Waals surface area contributed by atoms with Crippen molar-refractivity contribution in [2.24, 2.45) is 0 Å². The second-order valence-electron chi connectivity index (χ2n) is 8.80. The highest BCUT2D eigenvalue weighted by atomic mass is 32.2. The maximum absolute atomic E-state index is 14.1. The van der Waals surface area contributed by atoms with E-state index in [9.17, 15) is 18.6 Å². The fourth-order valence-electron chi connectivity index (χ4n) is 5.66. The van der Waals surface area contributed by atoms with Crippen LogP contribution in [0.4, 0.5) is 0 Å². The number of hydrogen-bond donors (Lipinski definition) is 2. The molecule has 1 spiro atoms. The van der Waals surface area contributed by atoms with Gasteiger partial charge in [-0.15, -0.1) is 0 Å². The smallest absolute Gasteiger partial charge is 0.207 e. The van der Waals surface area contributed by atoms with Gasteiger partial charge in [-0.2, -0.15) is 0 Å². The van der Waals surface area contributed by atoms with Gasteiger partial charge in [0.2, 0.25) is 9.84 Å². The maximum Gasteiger partial charge on any atom is 0.207 e. The van der Waals surface area contributed by atoms with E-state index in [1.54, 1.807) is 24.3 Å². The van der Waals surface area contributed by atoms with Gasteiger partial charge in [-0.1, -0.05) is 60.7 Å². The van der Waals surface area contributed by atoms with E-state index in [0.717, 1.165) is 22.3 Å². The van der Waals surface area contributed by atoms with Crippen molar-refractivity contribution in [1.29, 1.82) is 0 Å². The molecule has 1 heterocycles. The molecular formula is C29H24O6S. The molecule has 6 nitrogen and oxygen atoms in total. The first-order valence-corrected chi connectivity index (χ1v) is 13.2. The Balaban J connectivity index is 1.73. The summed E-state index contributed by atoms with van der Waals surface area (Å²) < 4.78 is 39.4. The maximum atomic E-state index is 14.1. The van der Waals surface area contributed by atoms with E-state index < -0.39 is 15.3 Å². The largest absolute Gasteiger partial charge is 0.491 e. The molecule has 0 aromatic heterocycles. The van der Waals surface area contributed by atoms with Crippen LogP contribution < -0.4 is 9.47 Å². The summed E-state index contributed by atoms with van der Waals surface area (Å²) in [6.45, 7) is -0.234. The van der Waals surface area contributed by atoms with Crippen molar-refractivity contribution >= 4 is 9.84 Å². The molecule has 1 aliphatic carbocycles. The van der Waals surface area contributed by atoms with Gasteiger partial charge in [0.15, 0.2) is 0 Å². The first-order valence-electron chi connectivity index (χ1n) is 11.7. The zero-order chi connectivity index (χ0) is 24.9. The predicted molar refractivity (Wildman–Crippen MR) is 134 cm³/mol. The number of aliphatic hydroxyl groups excluding tert-OH is 2. The highest BCUT2D eigenvalue weighted by Crippen LogP contribution is 2.61. The Hall–Kier alpha value is -3.65. The Morgan fingerprint density at radius 3 is 1.50 bits per heavy atom. The van der Waals surface area contributed by atoms with Crippen LogP contribution in [0.15, 0.2) is 94.7 Å². The third-order valence-corrected chi connectivity index (χ3v) is 8.80. The van der Waals surface area contributed by atoms with Crippen LogP contribution in [-0.2, 0) is 15.3 Å². The topological polar surface area (TPSA) is 93.1 Å². The van der Waals surface area contributed by atoms with Crippen molar-refractivity contribution in [2.45, 2.75) is 15.2 Å². The molecule has 7 heteroatoms. The Morgan fingerprint density at radius 2 is 1.06 bits per heavy atom. The van der Waals surface area contributed by atoms with E-state index in [1.807, 2.05) is 36.4 Å². The highest BCUT2D eigenvalue weighted by molar-refractivity contribution is 7.91. The van der Waals surface area contributed by atoms with E-state index >= 15 is 0 Å². The summed E-state index contributed by atoms with van der Waals surface area (Å²) in [5.74, 6) is 0.745. The Kier molecular flexibility index (Phi) is 5.37. The van der Waals surface area contributed by atoms with Crippen molar-refractivity contribution in [3.8, 4) is 22.6 Å². The van der Waals surface area contributed by atoms with Crippen LogP contribution in [0.25, 0.3) is 11.1 Å². The minimum absolute atomic E-state index is 0.0609. The monoisotopic (exact) mass is 500 g/mol. The third kappa shape index (κ3) is 3.07. The van der Waals surface area contributed by atoms with E-state index in [4.69, 9.17) is 9.47 Å². The Bertz CT molecular complexity index is 1480. The van der Waals surface area contributed by atoms with Crippen LogP contribution in [0.2, 0.25) is 0 Å². The molecule has 0 saturated heterocycles. The van der Waals surface area contributed by atoms with E-state index in [2.05, 4.69) is 24.3 Å². The molecule has 2 N–H and O–H groups in total. The van der Waals surface area contributed by atoms with Gasteiger partial charge in [-0.25, -0.2) is 8.42 Å². The fraction of sp³-hybridized carbons (Fsp3) is 0.172. The number of rotatable bonds is 6. The lowest BCUT2D eigenvalue weighted by Crippen LogP contribution is -2.36. The standard InChI is InChI=1S/C29H24O6S/c30-13-15-34-19-9-11-25-27(17-19)36(32,33)28-18-20(35-16-14-31)10-12-26(28)29(25)23-7-3-1-5-21(23)22-6-2-4-8-24(22)29/h1-12,17-18,30-31H,13-16H2. The van der Waals surface area contributed by atoms with E-state index in [0.29, 0.717) is 22.6 Å². The molecule has 0 saturated carbocycles. The minimum atomic E-state index is -3.95. The first kappa shape index (κ1) is 22.8. The number of fused-ring (bicyclic) bond motifs is 9. The Morgan fingerprint density at radius 1 is 0.611 bits per heavy atom. The van der Waals surface area contributed by atoms with E-state index in [1.165, 1.54) is 0 Å². The van der Waals surface area contributed by atoms with Gasteiger partial charge in [0.25, 0.3) is 0 Å². The number of sulfone groups is 1. The molecule has 0 amide bonds. The second-order valence-corrected chi connectivity index (χ2v) is 10.7. The van der Waals surface area contributed by atoms with Crippen LogP contribution in [0, 0.1) is 0 Å².